The van der Waals surface area contributed by atoms with Crippen molar-refractivity contribution in [3.8, 4) is 0 Å². The number of hydrogen-bond donors (Lipinski definition) is 0. The second-order valence-corrected chi connectivity index (χ2v) is 5.62. The van der Waals surface area contributed by atoms with Crippen LogP contribution in [0.5, 0.6) is 0 Å². The van der Waals surface area contributed by atoms with Gasteiger partial charge in [-0.3, -0.25) is 0 Å². The van der Waals surface area contributed by atoms with Gasteiger partial charge in [0.2, 0.25) is 0 Å². The number of alkyl halides is 1. The summed E-state index contributed by atoms with van der Waals surface area (Å²) in [4.78, 5) is 0.434. The van der Waals surface area contributed by atoms with Gasteiger partial charge in [0.1, 0.15) is 0 Å². The normalized spacial score (nSPS) is 26.9. The quantitative estimate of drug-likeness (QED) is 0.758. The molecule has 1 fully saturated rings. The zero-order chi connectivity index (χ0) is 11.5. The van der Waals surface area contributed by atoms with Crippen molar-refractivity contribution in [1.29, 1.82) is 0 Å². The van der Waals surface area contributed by atoms with Crippen LogP contribution < -0.4 is 0 Å². The van der Waals surface area contributed by atoms with Gasteiger partial charge in [0, 0.05) is 10.7 Å². The predicted molar refractivity (Wildman–Crippen MR) is 71.0 cm³/mol. The highest BCUT2D eigenvalue weighted by Crippen LogP contribution is 2.37. The number of benzene rings is 1. The van der Waals surface area contributed by atoms with E-state index in [1.807, 2.05) is 0 Å². The van der Waals surface area contributed by atoms with E-state index < -0.39 is 0 Å². The third kappa shape index (κ3) is 2.67. The van der Waals surface area contributed by atoms with E-state index in [4.69, 9.17) is 4.74 Å². The average Bonchev–Trinajstić information content (AvgIpc) is 2.75. The summed E-state index contributed by atoms with van der Waals surface area (Å²) in [7, 11) is 0. The predicted octanol–water partition coefficient (Wildman–Crippen LogP) is 4.11. The molecule has 1 aliphatic rings. The molecule has 0 N–H and O–H groups in total. The number of ether oxygens (including phenoxy) is 1. The standard InChI is InChI=1S/C14H19BrO/c1-3-11-4-6-12(7-5-11)14(15)13-8-10(2)16-9-13/h4-7,10,13-14H,3,8-9H2,1-2H3. The van der Waals surface area contributed by atoms with Crippen LogP contribution in [0.3, 0.4) is 0 Å². The summed E-state index contributed by atoms with van der Waals surface area (Å²) < 4.78 is 5.62. The van der Waals surface area contributed by atoms with Crippen LogP contribution in [-0.2, 0) is 11.2 Å². The molecule has 1 aromatic carbocycles. The van der Waals surface area contributed by atoms with Crippen LogP contribution in [0, 0.1) is 5.92 Å². The van der Waals surface area contributed by atoms with Gasteiger partial charge in [-0.15, -0.1) is 0 Å². The summed E-state index contributed by atoms with van der Waals surface area (Å²) in [5, 5.41) is 0. The third-order valence-corrected chi connectivity index (χ3v) is 4.63. The molecule has 0 aromatic heterocycles. The Labute approximate surface area is 106 Å². The van der Waals surface area contributed by atoms with Crippen molar-refractivity contribution in [2.45, 2.75) is 37.6 Å². The lowest BCUT2D eigenvalue weighted by Crippen LogP contribution is -2.07. The van der Waals surface area contributed by atoms with E-state index in [0.717, 1.165) is 19.4 Å². The SMILES string of the molecule is CCc1ccc(C(Br)C2COC(C)C2)cc1. The number of hydrogen-bond acceptors (Lipinski definition) is 1. The molecular weight excluding hydrogens is 264 g/mol. The molecule has 1 aromatic rings. The monoisotopic (exact) mass is 282 g/mol. The first-order chi connectivity index (χ1) is 7.70. The van der Waals surface area contributed by atoms with Crippen molar-refractivity contribution in [3.05, 3.63) is 35.4 Å². The van der Waals surface area contributed by atoms with Crippen LogP contribution in [0.4, 0.5) is 0 Å². The molecule has 0 saturated carbocycles. The summed E-state index contributed by atoms with van der Waals surface area (Å²) in [6.45, 7) is 5.22. The fourth-order valence-electron chi connectivity index (χ4n) is 2.26. The van der Waals surface area contributed by atoms with Gasteiger partial charge in [-0.2, -0.15) is 0 Å². The molecular formula is C14H19BrO. The maximum Gasteiger partial charge on any atom is 0.0551 e. The molecule has 2 rings (SSSR count). The Morgan fingerprint density at radius 2 is 2.06 bits per heavy atom. The molecule has 16 heavy (non-hydrogen) atoms. The first-order valence-corrected chi connectivity index (χ1v) is 6.96. The highest BCUT2D eigenvalue weighted by Gasteiger charge is 2.28. The van der Waals surface area contributed by atoms with E-state index in [0.29, 0.717) is 16.8 Å². The Kier molecular flexibility index (Phi) is 4.04. The van der Waals surface area contributed by atoms with Crippen LogP contribution in [0.15, 0.2) is 24.3 Å². The lowest BCUT2D eigenvalue weighted by molar-refractivity contribution is 0.120. The summed E-state index contributed by atoms with van der Waals surface area (Å²) in [5.74, 6) is 0.613. The van der Waals surface area contributed by atoms with Crippen LogP contribution >= 0.6 is 15.9 Å². The summed E-state index contributed by atoms with van der Waals surface area (Å²) in [5.41, 5.74) is 2.78. The largest absolute Gasteiger partial charge is 0.378 e. The second-order valence-electron chi connectivity index (χ2n) is 4.64. The molecule has 0 bridgehead atoms. The summed E-state index contributed by atoms with van der Waals surface area (Å²) >= 11 is 3.81. The minimum absolute atomic E-state index is 0.417. The van der Waals surface area contributed by atoms with Crippen LogP contribution in [-0.4, -0.2) is 12.7 Å². The summed E-state index contributed by atoms with van der Waals surface area (Å²) in [6, 6.07) is 8.92. The molecule has 1 nitrogen and oxygen atoms in total. The average molecular weight is 283 g/mol. The van der Waals surface area contributed by atoms with Gasteiger partial charge in [-0.05, 0) is 30.9 Å². The molecule has 88 valence electrons. The maximum atomic E-state index is 5.62. The Morgan fingerprint density at radius 1 is 1.38 bits per heavy atom. The van der Waals surface area contributed by atoms with Gasteiger partial charge < -0.3 is 4.74 Å². The highest BCUT2D eigenvalue weighted by molar-refractivity contribution is 9.09. The van der Waals surface area contributed by atoms with Crippen LogP contribution in [0.1, 0.15) is 36.2 Å². The van der Waals surface area contributed by atoms with Crippen LogP contribution in [0.25, 0.3) is 0 Å². The molecule has 3 atom stereocenters. The van der Waals surface area contributed by atoms with Crippen LogP contribution in [0.2, 0.25) is 0 Å². The van der Waals surface area contributed by atoms with Gasteiger partial charge in [0.25, 0.3) is 0 Å². The third-order valence-electron chi connectivity index (χ3n) is 3.35. The number of halogens is 1. The summed E-state index contributed by atoms with van der Waals surface area (Å²) in [6.07, 6.45) is 2.68. The van der Waals surface area contributed by atoms with E-state index >= 15 is 0 Å². The fraction of sp³-hybridized carbons (Fsp3) is 0.571. The van der Waals surface area contributed by atoms with E-state index in [2.05, 4.69) is 54.0 Å². The zero-order valence-corrected chi connectivity index (χ0v) is 11.5. The Morgan fingerprint density at radius 3 is 2.56 bits per heavy atom. The van der Waals surface area contributed by atoms with Gasteiger partial charge >= 0.3 is 0 Å². The Hall–Kier alpha value is -0.340. The minimum atomic E-state index is 0.417. The smallest absolute Gasteiger partial charge is 0.0551 e. The molecule has 1 heterocycles. The number of aryl methyl sites for hydroxylation is 1. The van der Waals surface area contributed by atoms with Gasteiger partial charge in [-0.25, -0.2) is 0 Å². The molecule has 0 amide bonds. The van der Waals surface area contributed by atoms with Gasteiger partial charge in [0.05, 0.1) is 12.7 Å². The maximum absolute atomic E-state index is 5.62. The van der Waals surface area contributed by atoms with Crippen molar-refractivity contribution >= 4 is 15.9 Å². The first kappa shape index (κ1) is 12.1. The molecule has 1 saturated heterocycles. The van der Waals surface area contributed by atoms with Gasteiger partial charge in [-0.1, -0.05) is 47.1 Å². The van der Waals surface area contributed by atoms with Crippen molar-refractivity contribution in [1.82, 2.24) is 0 Å². The molecule has 0 spiro atoms. The van der Waals surface area contributed by atoms with E-state index in [9.17, 15) is 0 Å². The van der Waals surface area contributed by atoms with Crippen molar-refractivity contribution < 1.29 is 4.74 Å². The van der Waals surface area contributed by atoms with Crippen molar-refractivity contribution in [2.75, 3.05) is 6.61 Å². The lowest BCUT2D eigenvalue weighted by Gasteiger charge is -2.16. The van der Waals surface area contributed by atoms with E-state index in [-0.39, 0.29) is 0 Å². The molecule has 1 aliphatic heterocycles. The highest BCUT2D eigenvalue weighted by atomic mass is 79.9. The second kappa shape index (κ2) is 5.33. The molecule has 0 aliphatic carbocycles. The molecule has 3 unspecified atom stereocenters. The van der Waals surface area contributed by atoms with Crippen molar-refractivity contribution in [3.63, 3.8) is 0 Å². The Balaban J connectivity index is 2.05. The lowest BCUT2D eigenvalue weighted by atomic mass is 9.96. The zero-order valence-electron chi connectivity index (χ0n) is 9.95. The van der Waals surface area contributed by atoms with Gasteiger partial charge in [0.15, 0.2) is 0 Å². The topological polar surface area (TPSA) is 9.23 Å². The minimum Gasteiger partial charge on any atom is -0.378 e. The van der Waals surface area contributed by atoms with E-state index in [1.165, 1.54) is 11.1 Å². The molecule has 2 heteroatoms. The molecule has 0 radical (unpaired) electrons. The first-order valence-electron chi connectivity index (χ1n) is 6.05. The van der Waals surface area contributed by atoms with E-state index in [1.54, 1.807) is 0 Å². The fourth-order valence-corrected chi connectivity index (χ4v) is 2.94. The Bertz CT molecular complexity index is 333. The number of rotatable bonds is 3. The van der Waals surface area contributed by atoms with Crippen molar-refractivity contribution in [2.24, 2.45) is 5.92 Å².